The first-order chi connectivity index (χ1) is 38.2. The number of carbonyl (C=O) groups excluding carboxylic acids is 6. The van der Waals surface area contributed by atoms with Gasteiger partial charge in [-0.2, -0.15) is 20.9 Å². The molecule has 436 valence electrons. The number of carbonyl (C=O) groups is 8. The van der Waals surface area contributed by atoms with Gasteiger partial charge in [0.05, 0.1) is 58.2 Å². The van der Waals surface area contributed by atoms with Crippen LogP contribution in [0.4, 0.5) is 28.4 Å². The lowest BCUT2D eigenvalue weighted by atomic mass is 10.2. The Kier molecular flexibility index (Phi) is 47.3. The van der Waals surface area contributed by atoms with E-state index in [2.05, 4.69) is 152 Å². The first-order valence-corrected chi connectivity index (χ1v) is 27.0. The van der Waals surface area contributed by atoms with Crippen LogP contribution in [0.3, 0.4) is 0 Å². The van der Waals surface area contributed by atoms with Crippen LogP contribution in [0, 0.1) is 48.3 Å². The first kappa shape index (κ1) is 80.7. The van der Waals surface area contributed by atoms with Gasteiger partial charge < -0.3 is 59.3 Å². The van der Waals surface area contributed by atoms with Gasteiger partial charge in [-0.15, -0.1) is 0 Å². The number of carboxylic acids is 2. The zero-order valence-electron chi connectivity index (χ0n) is 44.5. The summed E-state index contributed by atoms with van der Waals surface area (Å²) in [6.45, 7) is 8.90. The Morgan fingerprint density at radius 2 is 0.878 bits per heavy atom. The van der Waals surface area contributed by atoms with E-state index in [0.717, 1.165) is 62.7 Å². The van der Waals surface area contributed by atoms with Crippen molar-refractivity contribution >= 4 is 208 Å². The third kappa shape index (κ3) is 49.3. The highest BCUT2D eigenvalue weighted by Crippen LogP contribution is 2.21. The molecule has 0 heterocycles. The van der Waals surface area contributed by atoms with Crippen molar-refractivity contribution in [2.75, 3.05) is 27.4 Å². The zero-order valence-corrected chi connectivity index (χ0v) is 54.7. The van der Waals surface area contributed by atoms with E-state index in [4.69, 9.17) is 58.5 Å². The SMILES string of the molecule is CC(=O)Nc1ccc(/C=N/NC(N)=S)cc1I.CC(=O)Nc1ccc(C#N)cc1I.CC(=O)Nc1ccc(C=O)cc1I.CC(=O)O.CC(=O)O.CC(=O)OC(C)=O.N#Cc1ccc(N)c(I)c1.N#Cc1ccc(N)cc1.NNC(N)=S. The number of hydrazine groups is 1. The van der Waals surface area contributed by atoms with Crippen LogP contribution in [-0.2, 0) is 38.3 Å². The molecular formula is C51H56I4N14O11S2. The van der Waals surface area contributed by atoms with Crippen LogP contribution in [0.25, 0.3) is 0 Å². The van der Waals surface area contributed by atoms with Gasteiger partial charge in [0.25, 0.3) is 11.9 Å². The number of thiocarbonyl (C=S) groups is 2. The van der Waals surface area contributed by atoms with Crippen molar-refractivity contribution in [3.05, 3.63) is 139 Å². The molecule has 25 nitrogen and oxygen atoms in total. The van der Waals surface area contributed by atoms with Gasteiger partial charge in [0, 0.05) is 79.7 Å². The summed E-state index contributed by atoms with van der Waals surface area (Å²) < 4.78 is 7.55. The number of hydrazone groups is 1. The van der Waals surface area contributed by atoms with Gasteiger partial charge in [-0.25, -0.2) is 5.84 Å². The highest BCUT2D eigenvalue weighted by molar-refractivity contribution is 14.1. The maximum absolute atomic E-state index is 10.9. The molecule has 0 aliphatic carbocycles. The van der Waals surface area contributed by atoms with Crippen molar-refractivity contribution in [3.63, 3.8) is 0 Å². The molecule has 17 N–H and O–H groups in total. The van der Waals surface area contributed by atoms with Gasteiger partial charge in [0.1, 0.15) is 6.29 Å². The van der Waals surface area contributed by atoms with Gasteiger partial charge in [-0.3, -0.25) is 43.8 Å². The Balaban J connectivity index is -0.000000433. The number of esters is 2. The Morgan fingerprint density at radius 1 is 0.549 bits per heavy atom. The number of anilines is 5. The molecule has 5 rings (SSSR count). The molecule has 0 radical (unpaired) electrons. The van der Waals surface area contributed by atoms with E-state index in [1.54, 1.807) is 85.1 Å². The highest BCUT2D eigenvalue weighted by atomic mass is 127. The molecule has 0 saturated heterocycles. The van der Waals surface area contributed by atoms with Gasteiger partial charge >= 0.3 is 11.9 Å². The predicted molar refractivity (Wildman–Crippen MR) is 355 cm³/mol. The predicted octanol–water partition coefficient (Wildman–Crippen LogP) is 7.46. The number of carboxylic acid groups (broad SMARTS) is 2. The summed E-state index contributed by atoms with van der Waals surface area (Å²) in [4.78, 5) is 80.4. The number of amides is 3. The number of hydrogen-bond donors (Lipinski definition) is 12. The number of benzene rings is 5. The van der Waals surface area contributed by atoms with Crippen molar-refractivity contribution in [1.29, 1.82) is 15.8 Å². The number of halogens is 4. The van der Waals surface area contributed by atoms with Crippen LogP contribution in [0.2, 0.25) is 0 Å². The Morgan fingerprint density at radius 3 is 1.17 bits per heavy atom. The molecule has 0 fully saturated rings. The van der Waals surface area contributed by atoms with Crippen molar-refractivity contribution in [2.45, 2.75) is 48.5 Å². The summed E-state index contributed by atoms with van der Waals surface area (Å²) in [6, 6.07) is 33.8. The minimum Gasteiger partial charge on any atom is -0.481 e. The number of aliphatic carboxylic acids is 2. The molecule has 3 amide bonds. The van der Waals surface area contributed by atoms with Crippen molar-refractivity contribution < 1.29 is 53.3 Å². The average molecular weight is 1610 g/mol. The Bertz CT molecular complexity index is 3100. The topological polar surface area (TPSA) is 460 Å². The molecule has 5 aromatic carbocycles. The second-order valence-electron chi connectivity index (χ2n) is 14.4. The second-order valence-corrected chi connectivity index (χ2v) is 19.9. The van der Waals surface area contributed by atoms with Crippen LogP contribution in [-0.4, -0.2) is 74.5 Å². The van der Waals surface area contributed by atoms with Gasteiger partial charge in [-0.1, -0.05) is 6.07 Å². The average Bonchev–Trinajstić information content (AvgIpc) is 3.37. The molecule has 0 aliphatic heterocycles. The van der Waals surface area contributed by atoms with Crippen molar-refractivity contribution in [3.8, 4) is 18.2 Å². The number of ether oxygens (including phenoxy) is 1. The maximum atomic E-state index is 10.9. The summed E-state index contributed by atoms with van der Waals surface area (Å²) in [5.74, 6) is 1.54. The third-order valence-electron chi connectivity index (χ3n) is 7.14. The second kappa shape index (κ2) is 48.0. The zero-order chi connectivity index (χ0) is 64.1. The van der Waals surface area contributed by atoms with E-state index < -0.39 is 23.9 Å². The fourth-order valence-corrected chi connectivity index (χ4v) is 6.77. The van der Waals surface area contributed by atoms with Crippen molar-refractivity contribution in [2.24, 2.45) is 22.4 Å². The van der Waals surface area contributed by atoms with Crippen LogP contribution in [0.5, 0.6) is 0 Å². The molecule has 31 heteroatoms. The first-order valence-electron chi connectivity index (χ1n) is 21.9. The molecule has 82 heavy (non-hydrogen) atoms. The number of hydrogen-bond acceptors (Lipinski definition) is 18. The summed E-state index contributed by atoms with van der Waals surface area (Å²) in [5, 5.41) is 52.4. The summed E-state index contributed by atoms with van der Waals surface area (Å²) >= 11 is 17.2. The van der Waals surface area contributed by atoms with E-state index >= 15 is 0 Å². The lowest BCUT2D eigenvalue weighted by Gasteiger charge is -2.05. The molecule has 0 aromatic heterocycles. The number of nitrogens with one attached hydrogen (secondary N) is 5. The molecule has 0 bridgehead atoms. The van der Waals surface area contributed by atoms with E-state index in [9.17, 15) is 28.8 Å². The summed E-state index contributed by atoms with van der Waals surface area (Å²) in [6.07, 6.45) is 2.37. The van der Waals surface area contributed by atoms with Gasteiger partial charge in [-0.05, 0) is 211 Å². The summed E-state index contributed by atoms with van der Waals surface area (Å²) in [7, 11) is 0. The summed E-state index contributed by atoms with van der Waals surface area (Å²) in [5.41, 5.74) is 32.5. The van der Waals surface area contributed by atoms with E-state index in [1.165, 1.54) is 34.6 Å². The Hall–Kier alpha value is -7.74. The number of nitrogens with two attached hydrogens (primary N) is 5. The number of nitrogen functional groups attached to an aromatic ring is 2. The number of nitrogens with zero attached hydrogens (tertiary/aromatic N) is 4. The maximum Gasteiger partial charge on any atom is 0.310 e. The highest BCUT2D eigenvalue weighted by Gasteiger charge is 2.04. The van der Waals surface area contributed by atoms with Crippen LogP contribution < -0.4 is 55.6 Å². The molecule has 0 aliphatic rings. The lowest BCUT2D eigenvalue weighted by Crippen LogP contribution is -2.34. The lowest BCUT2D eigenvalue weighted by molar-refractivity contribution is -0.156. The van der Waals surface area contributed by atoms with E-state index in [0.29, 0.717) is 27.9 Å². The van der Waals surface area contributed by atoms with Crippen LogP contribution in [0.1, 0.15) is 81.1 Å². The van der Waals surface area contributed by atoms with Crippen molar-refractivity contribution in [1.82, 2.24) is 10.9 Å². The molecule has 0 saturated carbocycles. The minimum absolute atomic E-state index is 0.0977. The standard InChI is InChI=1S/C10H11IN4OS.C9H7IN2O.C9H8INO2.C7H5IN2.C7H6N2.C4H6O3.2C2H4O2.CH5N3S/c1-6(16)14-9-3-2-7(4-8(9)11)5-13-15-10(12)17;1-6(13)12-9-3-2-7(5-11)4-8(9)10;1-6(13)11-9-3-2-7(5-12)4-8(9)10;8-6-3-5(4-9)1-2-7(6)10;8-5-6-1-3-7(9)4-2-6;1-3(5)7-4(2)6;2*1-2(3)4;2-1(5)4-3/h2-5H,1H3,(H,14,16)(H3,12,15,17);2-4H,1H3,(H,12,13);2-5H,1H3,(H,11,13);1-3H,10H2;1-4H,9H2;1-2H3;2*1H3,(H,3,4);3H2,(H3,2,4,5)/b13-5+;;;;;;;;. The third-order valence-corrected chi connectivity index (χ3v) is 11.0. The fraction of sp³-hybridized carbons (Fsp3) is 0.137. The molecular weight excluding hydrogens is 1560 g/mol. The monoisotopic (exact) mass is 1610 g/mol. The Labute approximate surface area is 538 Å². The quantitative estimate of drug-likeness (QED) is 0.00903. The molecule has 5 aromatic rings. The normalized spacial score (nSPS) is 8.70. The van der Waals surface area contributed by atoms with Crippen LogP contribution in [0.15, 0.2) is 102 Å². The fourth-order valence-electron chi connectivity index (χ4n) is 4.20. The smallest absolute Gasteiger partial charge is 0.310 e. The number of rotatable bonds is 6. The van der Waals surface area contributed by atoms with Gasteiger partial charge in [0.2, 0.25) is 17.7 Å². The largest absolute Gasteiger partial charge is 0.481 e. The van der Waals surface area contributed by atoms with Gasteiger partial charge in [0.15, 0.2) is 10.2 Å². The number of nitriles is 3. The molecule has 0 unspecified atom stereocenters. The molecule has 0 spiro atoms. The van der Waals surface area contributed by atoms with E-state index in [1.807, 2.05) is 41.8 Å². The van der Waals surface area contributed by atoms with E-state index in [-0.39, 0.29) is 27.9 Å². The number of aldehydes is 1. The van der Waals surface area contributed by atoms with Crippen LogP contribution >= 0.6 is 115 Å². The minimum atomic E-state index is -0.833. The molecule has 0 atom stereocenters.